The summed E-state index contributed by atoms with van der Waals surface area (Å²) in [6.45, 7) is 0. The maximum Gasteiger partial charge on any atom is 0.119 e. The average molecular weight is 616 g/mol. The van der Waals surface area contributed by atoms with E-state index in [-0.39, 0.29) is 0 Å². The van der Waals surface area contributed by atoms with Crippen LogP contribution in [0, 0.1) is 0 Å². The van der Waals surface area contributed by atoms with Crippen molar-refractivity contribution in [2.75, 3.05) is 0 Å². The average Bonchev–Trinajstić information content (AvgIpc) is 3.56. The number of halogens is 2. The Hall–Kier alpha value is -1.82. The summed E-state index contributed by atoms with van der Waals surface area (Å²) in [4.78, 5) is 2.43. The van der Waals surface area contributed by atoms with E-state index >= 15 is 0 Å². The van der Waals surface area contributed by atoms with Crippen molar-refractivity contribution >= 4 is 120 Å². The van der Waals surface area contributed by atoms with E-state index in [9.17, 15) is 0 Å². The molecular formula is C22H8Br2N4S4. The minimum atomic E-state index is 0.924. The van der Waals surface area contributed by atoms with Gasteiger partial charge in [0.05, 0.1) is 23.5 Å². The van der Waals surface area contributed by atoms with Gasteiger partial charge in [-0.3, -0.25) is 0 Å². The smallest absolute Gasteiger partial charge is 0.119 e. The molecule has 32 heavy (non-hydrogen) atoms. The van der Waals surface area contributed by atoms with Crippen LogP contribution in [0.4, 0.5) is 0 Å². The highest BCUT2D eigenvalue weighted by molar-refractivity contribution is 9.11. The highest BCUT2D eigenvalue weighted by atomic mass is 79.9. The van der Waals surface area contributed by atoms with E-state index in [1.54, 1.807) is 22.7 Å². The monoisotopic (exact) mass is 614 g/mol. The summed E-state index contributed by atoms with van der Waals surface area (Å²) in [5, 5.41) is 2.50. The van der Waals surface area contributed by atoms with Gasteiger partial charge in [0.25, 0.3) is 0 Å². The lowest BCUT2D eigenvalue weighted by atomic mass is 10.1. The van der Waals surface area contributed by atoms with Crippen LogP contribution in [-0.2, 0) is 0 Å². The van der Waals surface area contributed by atoms with E-state index in [1.807, 2.05) is 0 Å². The number of thiophene rings is 2. The van der Waals surface area contributed by atoms with Gasteiger partial charge in [-0.25, -0.2) is 0 Å². The molecule has 0 radical (unpaired) electrons. The largest absolute Gasteiger partial charge is 0.172 e. The van der Waals surface area contributed by atoms with Crippen molar-refractivity contribution in [2.45, 2.75) is 0 Å². The van der Waals surface area contributed by atoms with Crippen LogP contribution in [-0.4, -0.2) is 17.5 Å². The molecule has 10 heteroatoms. The Morgan fingerprint density at radius 1 is 0.531 bits per heavy atom. The summed E-state index contributed by atoms with van der Waals surface area (Å²) in [5.74, 6) is 0. The Labute approximate surface area is 214 Å². The van der Waals surface area contributed by atoms with Gasteiger partial charge in [0.15, 0.2) is 0 Å². The number of nitrogens with zero attached hydrogens (tertiary/aromatic N) is 4. The molecule has 0 spiro atoms. The Bertz CT molecular complexity index is 1650. The molecule has 0 bridgehead atoms. The lowest BCUT2D eigenvalue weighted by molar-refractivity contribution is 1.61. The second-order valence-corrected chi connectivity index (χ2v) is 12.2. The molecule has 154 valence electrons. The highest BCUT2D eigenvalue weighted by Crippen LogP contribution is 2.43. The topological polar surface area (TPSA) is 51.6 Å². The summed E-state index contributed by atoms with van der Waals surface area (Å²) in [6.07, 6.45) is 0. The second kappa shape index (κ2) is 7.34. The number of hydrogen-bond donors (Lipinski definition) is 0. The summed E-state index contributed by atoms with van der Waals surface area (Å²) in [6, 6.07) is 17.5. The Balaban J connectivity index is 1.38. The van der Waals surface area contributed by atoms with Gasteiger partial charge >= 0.3 is 0 Å². The molecule has 4 aromatic heterocycles. The predicted octanol–water partition coefficient (Wildman–Crippen LogP) is 8.98. The van der Waals surface area contributed by atoms with E-state index in [0.717, 1.165) is 42.1 Å². The van der Waals surface area contributed by atoms with Crippen LogP contribution in [0.5, 0.6) is 0 Å². The third-order valence-corrected chi connectivity index (χ3v) is 10.0. The first-order chi connectivity index (χ1) is 15.7. The number of rotatable bonds is 2. The van der Waals surface area contributed by atoms with Crippen LogP contribution in [0.25, 0.3) is 63.1 Å². The van der Waals surface area contributed by atoms with E-state index in [0.29, 0.717) is 0 Å². The van der Waals surface area contributed by atoms with Crippen LogP contribution in [0.3, 0.4) is 0 Å². The summed E-state index contributed by atoms with van der Waals surface area (Å²) < 4.78 is 22.5. The zero-order chi connectivity index (χ0) is 21.4. The highest BCUT2D eigenvalue weighted by Gasteiger charge is 2.16. The van der Waals surface area contributed by atoms with Gasteiger partial charge in [-0.15, -0.1) is 22.7 Å². The number of hydrogen-bond acceptors (Lipinski definition) is 8. The molecule has 4 nitrogen and oxygen atoms in total. The van der Waals surface area contributed by atoms with Gasteiger partial charge in [0.1, 0.15) is 22.1 Å². The fourth-order valence-electron chi connectivity index (χ4n) is 3.91. The minimum absolute atomic E-state index is 0.924. The third-order valence-electron chi connectivity index (χ3n) is 5.42. The van der Waals surface area contributed by atoms with E-state index in [1.165, 1.54) is 53.4 Å². The molecule has 7 rings (SSSR count). The van der Waals surface area contributed by atoms with E-state index in [4.69, 9.17) is 0 Å². The molecule has 0 fully saturated rings. The summed E-state index contributed by atoms with van der Waals surface area (Å²) in [5.41, 5.74) is 6.03. The molecule has 0 amide bonds. The quantitative estimate of drug-likeness (QED) is 0.195. The fourth-order valence-corrected chi connectivity index (χ4v) is 8.35. The van der Waals surface area contributed by atoms with E-state index < -0.39 is 0 Å². The van der Waals surface area contributed by atoms with Crippen molar-refractivity contribution in [3.8, 4) is 20.9 Å². The molecule has 0 saturated heterocycles. The molecule has 0 aliphatic carbocycles. The predicted molar refractivity (Wildman–Crippen MR) is 145 cm³/mol. The van der Waals surface area contributed by atoms with Crippen molar-refractivity contribution in [1.29, 1.82) is 0 Å². The molecule has 7 aromatic rings. The molecule has 0 N–H and O–H groups in total. The SMILES string of the molecule is Brc1ccc(-c2cc3cc4sc(-c5ccc(Br)c6nsnc56)cc4cc3s2)c2nsnc12. The molecule has 0 aliphatic heterocycles. The molecule has 0 aliphatic rings. The minimum Gasteiger partial charge on any atom is -0.172 e. The Kier molecular flexibility index (Phi) is 4.50. The van der Waals surface area contributed by atoms with Gasteiger partial charge < -0.3 is 0 Å². The zero-order valence-corrected chi connectivity index (χ0v) is 22.2. The number of fused-ring (bicyclic) bond motifs is 4. The normalized spacial score (nSPS) is 12.1. The zero-order valence-electron chi connectivity index (χ0n) is 15.8. The van der Waals surface area contributed by atoms with Crippen LogP contribution >= 0.6 is 78.0 Å². The van der Waals surface area contributed by atoms with Crippen LogP contribution in [0.2, 0.25) is 0 Å². The van der Waals surface area contributed by atoms with Crippen molar-refractivity contribution < 1.29 is 0 Å². The summed E-state index contributed by atoms with van der Waals surface area (Å²) >= 11 is 13.3. The van der Waals surface area contributed by atoms with Crippen molar-refractivity contribution in [3.63, 3.8) is 0 Å². The Morgan fingerprint density at radius 3 is 1.44 bits per heavy atom. The first-order valence-corrected chi connectivity index (χ1v) is 14.1. The van der Waals surface area contributed by atoms with Crippen LogP contribution < -0.4 is 0 Å². The Morgan fingerprint density at radius 2 is 0.969 bits per heavy atom. The molecular weight excluding hydrogens is 608 g/mol. The molecule has 0 saturated carbocycles. The van der Waals surface area contributed by atoms with Gasteiger partial charge in [0, 0.05) is 39.2 Å². The van der Waals surface area contributed by atoms with Crippen molar-refractivity contribution in [3.05, 3.63) is 57.5 Å². The van der Waals surface area contributed by atoms with Crippen LogP contribution in [0.15, 0.2) is 57.5 Å². The molecule has 4 heterocycles. The van der Waals surface area contributed by atoms with Gasteiger partial charge in [-0.2, -0.15) is 17.5 Å². The van der Waals surface area contributed by atoms with E-state index in [2.05, 4.69) is 97.9 Å². The first-order valence-electron chi connectivity index (χ1n) is 9.45. The lowest BCUT2D eigenvalue weighted by Gasteiger charge is -1.99. The number of benzene rings is 3. The first kappa shape index (κ1) is 19.6. The molecule has 3 aromatic carbocycles. The molecule has 0 unspecified atom stereocenters. The fraction of sp³-hybridized carbons (Fsp3) is 0. The van der Waals surface area contributed by atoms with Crippen LogP contribution in [0.1, 0.15) is 0 Å². The summed E-state index contributed by atoms with van der Waals surface area (Å²) in [7, 11) is 0. The van der Waals surface area contributed by atoms with Gasteiger partial charge in [-0.1, -0.05) is 12.1 Å². The molecule has 0 atom stereocenters. The van der Waals surface area contributed by atoms with Gasteiger partial charge in [0.2, 0.25) is 0 Å². The third kappa shape index (κ3) is 2.94. The number of aromatic nitrogens is 4. The standard InChI is InChI=1S/C22H8Br2N4S4/c23-13-3-1-11(19-21(13)27-31-25-19)17-7-9-5-16-10(6-15(9)29-17)8-18(30-16)12-2-4-14(24)22-20(12)26-32-28-22/h1-8H. The second-order valence-electron chi connectivity index (χ2n) is 7.26. The lowest BCUT2D eigenvalue weighted by Crippen LogP contribution is -1.78. The maximum absolute atomic E-state index is 4.54. The van der Waals surface area contributed by atoms with Crippen molar-refractivity contribution in [1.82, 2.24) is 17.5 Å². The van der Waals surface area contributed by atoms with Crippen molar-refractivity contribution in [2.24, 2.45) is 0 Å². The van der Waals surface area contributed by atoms with Gasteiger partial charge in [-0.05, 0) is 79.0 Å². The maximum atomic E-state index is 4.54.